The summed E-state index contributed by atoms with van der Waals surface area (Å²) in [5, 5.41) is 42.3. The number of rotatable bonds is 11. The Balaban J connectivity index is 1.92. The van der Waals surface area contributed by atoms with Crippen LogP contribution in [0.25, 0.3) is 0 Å². The Labute approximate surface area is 178 Å². The lowest BCUT2D eigenvalue weighted by molar-refractivity contribution is -0.385. The second-order valence-electron chi connectivity index (χ2n) is 6.13. The number of nitrogens with one attached hydrogen (secondary N) is 2. The molecule has 0 radical (unpaired) electrons. The molecule has 2 aromatic rings. The molecule has 2 rings (SSSR count). The average molecular weight is 448 g/mol. The van der Waals surface area contributed by atoms with E-state index >= 15 is 0 Å². The number of nitro benzene ring substituents is 2. The number of hydrogen-bond donors (Lipinski definition) is 4. The number of nitro groups is 2. The molecule has 0 saturated heterocycles. The van der Waals surface area contributed by atoms with Gasteiger partial charge in [0.15, 0.2) is 0 Å². The van der Waals surface area contributed by atoms with E-state index in [0.29, 0.717) is 0 Å². The van der Waals surface area contributed by atoms with Crippen LogP contribution >= 0.6 is 0 Å². The van der Waals surface area contributed by atoms with E-state index in [1.165, 1.54) is 0 Å². The Bertz CT molecular complexity index is 1090. The zero-order valence-corrected chi connectivity index (χ0v) is 16.1. The molecule has 32 heavy (non-hydrogen) atoms. The van der Waals surface area contributed by atoms with Crippen molar-refractivity contribution in [1.82, 2.24) is 10.8 Å². The highest BCUT2D eigenvalue weighted by molar-refractivity contribution is 6.05. The Hall–Kier alpha value is -4.43. The minimum Gasteiger partial charge on any atom is -0.478 e. The van der Waals surface area contributed by atoms with Crippen LogP contribution < -0.4 is 10.8 Å². The topological polar surface area (TPSA) is 211 Å². The van der Waals surface area contributed by atoms with Crippen molar-refractivity contribution in [3.63, 3.8) is 0 Å². The average Bonchev–Trinajstić information content (AvgIpc) is 2.74. The summed E-state index contributed by atoms with van der Waals surface area (Å²) >= 11 is 0. The molecular formula is C18H16N4O10. The zero-order chi connectivity index (χ0) is 23.8. The number of benzene rings is 2. The van der Waals surface area contributed by atoms with Gasteiger partial charge in [-0.15, -0.1) is 0 Å². The number of hydrogen-bond acceptors (Lipinski definition) is 9. The minimum absolute atomic E-state index is 0.0135. The van der Waals surface area contributed by atoms with Crippen LogP contribution in [0, 0.1) is 20.2 Å². The van der Waals surface area contributed by atoms with Gasteiger partial charge in [0, 0.05) is 42.9 Å². The number of carbonyl (C=O) groups is 3. The van der Waals surface area contributed by atoms with Crippen LogP contribution in [0.1, 0.15) is 36.6 Å². The van der Waals surface area contributed by atoms with Crippen molar-refractivity contribution < 1.29 is 39.3 Å². The molecular weight excluding hydrogens is 432 g/mol. The van der Waals surface area contributed by atoms with Crippen LogP contribution in [0.2, 0.25) is 0 Å². The van der Waals surface area contributed by atoms with Gasteiger partial charge in [-0.2, -0.15) is 0 Å². The lowest BCUT2D eigenvalue weighted by Crippen LogP contribution is -2.32. The van der Waals surface area contributed by atoms with Crippen molar-refractivity contribution in [2.45, 2.75) is 6.61 Å². The van der Waals surface area contributed by atoms with Gasteiger partial charge < -0.3 is 15.5 Å². The van der Waals surface area contributed by atoms with E-state index in [1.54, 1.807) is 0 Å². The maximum Gasteiger partial charge on any atom is 0.336 e. The van der Waals surface area contributed by atoms with Crippen LogP contribution in [0.5, 0.6) is 0 Å². The molecule has 0 saturated carbocycles. The van der Waals surface area contributed by atoms with Gasteiger partial charge in [-0.25, -0.2) is 15.1 Å². The summed E-state index contributed by atoms with van der Waals surface area (Å²) in [5.74, 6) is -3.59. The van der Waals surface area contributed by atoms with E-state index < -0.39 is 44.5 Å². The van der Waals surface area contributed by atoms with Crippen molar-refractivity contribution in [3.05, 3.63) is 78.9 Å². The molecule has 168 valence electrons. The molecule has 0 bridgehead atoms. The van der Waals surface area contributed by atoms with Crippen molar-refractivity contribution in [1.29, 1.82) is 0 Å². The molecule has 0 unspecified atom stereocenters. The number of amides is 1. The van der Waals surface area contributed by atoms with Crippen molar-refractivity contribution in [2.75, 3.05) is 13.1 Å². The van der Waals surface area contributed by atoms with Crippen LogP contribution in [-0.4, -0.2) is 51.0 Å². The van der Waals surface area contributed by atoms with E-state index in [0.717, 1.165) is 36.4 Å². The summed E-state index contributed by atoms with van der Waals surface area (Å²) in [5.41, 5.74) is 0.715. The van der Waals surface area contributed by atoms with E-state index in [1.807, 2.05) is 0 Å². The smallest absolute Gasteiger partial charge is 0.336 e. The van der Waals surface area contributed by atoms with E-state index in [9.17, 15) is 34.6 Å². The third kappa shape index (κ3) is 6.04. The molecule has 0 aliphatic carbocycles. The van der Waals surface area contributed by atoms with Gasteiger partial charge in [0.2, 0.25) is 0 Å². The second-order valence-corrected chi connectivity index (χ2v) is 6.13. The third-order valence-electron chi connectivity index (χ3n) is 4.06. The fraction of sp³-hybridized carbons (Fsp3) is 0.167. The Morgan fingerprint density at radius 1 is 0.844 bits per heavy atom. The quantitative estimate of drug-likeness (QED) is 0.219. The number of carbonyl (C=O) groups excluding carboxylic acids is 1. The lowest BCUT2D eigenvalue weighted by atomic mass is 10.1. The second kappa shape index (κ2) is 10.6. The highest BCUT2D eigenvalue weighted by atomic mass is 16.6. The molecule has 1 amide bonds. The summed E-state index contributed by atoms with van der Waals surface area (Å²) in [4.78, 5) is 60.0. The number of aromatic carboxylic acids is 2. The highest BCUT2D eigenvalue weighted by Gasteiger charge is 2.20. The number of carboxylic acids is 2. The standard InChI is InChI=1S/C18H16N4O10/c23-16(15-8-12(22(30)31)2-4-14(15)18(26)27)19-5-6-20-32-9-10-7-11(21(28)29)1-3-13(10)17(24)25/h1-4,7-8,20H,5-6,9H2,(H,19,23)(H,24,25)(H,26,27). The van der Waals surface area contributed by atoms with Gasteiger partial charge in [-0.3, -0.25) is 29.9 Å². The molecule has 0 aliphatic heterocycles. The van der Waals surface area contributed by atoms with Crippen molar-refractivity contribution in [2.24, 2.45) is 0 Å². The molecule has 0 aromatic heterocycles. The summed E-state index contributed by atoms with van der Waals surface area (Å²) in [6.07, 6.45) is 0. The molecule has 0 spiro atoms. The maximum atomic E-state index is 12.2. The Morgan fingerprint density at radius 3 is 1.97 bits per heavy atom. The fourth-order valence-electron chi connectivity index (χ4n) is 2.57. The normalized spacial score (nSPS) is 10.4. The van der Waals surface area contributed by atoms with Crippen molar-refractivity contribution >= 4 is 29.2 Å². The summed E-state index contributed by atoms with van der Waals surface area (Å²) in [6.45, 7) is -0.424. The van der Waals surface area contributed by atoms with Crippen LogP contribution in [0.15, 0.2) is 36.4 Å². The minimum atomic E-state index is -1.43. The Morgan fingerprint density at radius 2 is 1.41 bits per heavy atom. The van der Waals surface area contributed by atoms with Gasteiger partial charge >= 0.3 is 11.9 Å². The molecule has 14 nitrogen and oxygen atoms in total. The number of hydroxylamine groups is 1. The summed E-state index contributed by atoms with van der Waals surface area (Å²) in [7, 11) is 0. The van der Waals surface area contributed by atoms with Gasteiger partial charge in [0.1, 0.15) is 0 Å². The van der Waals surface area contributed by atoms with Gasteiger partial charge in [-0.05, 0) is 12.1 Å². The first-order chi connectivity index (χ1) is 15.1. The molecule has 0 heterocycles. The third-order valence-corrected chi connectivity index (χ3v) is 4.06. The highest BCUT2D eigenvalue weighted by Crippen LogP contribution is 2.19. The first kappa shape index (κ1) is 23.8. The molecule has 14 heteroatoms. The number of nitrogens with zero attached hydrogens (tertiary/aromatic N) is 2. The summed E-state index contributed by atoms with van der Waals surface area (Å²) < 4.78 is 0. The summed E-state index contributed by atoms with van der Waals surface area (Å²) in [6, 6.07) is 5.96. The van der Waals surface area contributed by atoms with E-state index in [-0.39, 0.29) is 36.5 Å². The molecule has 0 atom stereocenters. The van der Waals surface area contributed by atoms with Gasteiger partial charge in [0.05, 0.1) is 33.1 Å². The Kier molecular flexibility index (Phi) is 7.86. The van der Waals surface area contributed by atoms with Crippen LogP contribution in [0.4, 0.5) is 11.4 Å². The van der Waals surface area contributed by atoms with Crippen molar-refractivity contribution in [3.8, 4) is 0 Å². The number of non-ortho nitro benzene ring substituents is 2. The lowest BCUT2D eigenvalue weighted by Gasteiger charge is -2.10. The van der Waals surface area contributed by atoms with E-state index in [2.05, 4.69) is 10.8 Å². The first-order valence-corrected chi connectivity index (χ1v) is 8.77. The number of carboxylic acid groups (broad SMARTS) is 2. The molecule has 0 aliphatic rings. The van der Waals surface area contributed by atoms with E-state index in [4.69, 9.17) is 15.1 Å². The molecule has 0 fully saturated rings. The molecule has 4 N–H and O–H groups in total. The maximum absolute atomic E-state index is 12.2. The monoisotopic (exact) mass is 448 g/mol. The molecule has 2 aromatic carbocycles. The zero-order valence-electron chi connectivity index (χ0n) is 16.1. The van der Waals surface area contributed by atoms with Gasteiger partial charge in [0.25, 0.3) is 17.3 Å². The SMILES string of the molecule is O=C(O)c1ccc([N+](=O)[O-])cc1CONCCNC(=O)c1cc([N+](=O)[O-])ccc1C(=O)O. The van der Waals surface area contributed by atoms with Crippen LogP contribution in [0.3, 0.4) is 0 Å². The first-order valence-electron chi connectivity index (χ1n) is 8.77. The van der Waals surface area contributed by atoms with Gasteiger partial charge in [-0.1, -0.05) is 0 Å². The largest absolute Gasteiger partial charge is 0.478 e. The van der Waals surface area contributed by atoms with Crippen LogP contribution in [-0.2, 0) is 11.4 Å². The predicted octanol–water partition coefficient (Wildman–Crippen LogP) is 1.35. The fourth-order valence-corrected chi connectivity index (χ4v) is 2.57. The predicted molar refractivity (Wildman–Crippen MR) is 105 cm³/mol.